The number of hydrogen-bond acceptors (Lipinski definition) is 5. The third kappa shape index (κ3) is 4.73. The van der Waals surface area contributed by atoms with E-state index in [1.807, 2.05) is 18.2 Å². The number of carbonyl (C=O) groups is 2. The topological polar surface area (TPSA) is 92.6 Å². The molecule has 0 aliphatic rings. The molecule has 0 saturated carbocycles. The van der Waals surface area contributed by atoms with Gasteiger partial charge in [-0.2, -0.15) is 0 Å². The maximum absolute atomic E-state index is 12.4. The van der Waals surface area contributed by atoms with Crippen molar-refractivity contribution >= 4 is 34.2 Å². The zero-order valence-electron chi connectivity index (χ0n) is 17.1. The number of carbonyl (C=O) groups excluding carboxylic acids is 2. The van der Waals surface area contributed by atoms with E-state index in [1.165, 1.54) is 11.0 Å². The summed E-state index contributed by atoms with van der Waals surface area (Å²) in [4.78, 5) is 40.7. The lowest BCUT2D eigenvalue weighted by atomic mass is 10.1. The summed E-state index contributed by atoms with van der Waals surface area (Å²) in [7, 11) is 1.58. The van der Waals surface area contributed by atoms with Crippen LogP contribution in [0.2, 0.25) is 5.02 Å². The van der Waals surface area contributed by atoms with E-state index in [0.717, 1.165) is 5.56 Å². The molecule has 8 heteroatoms. The Morgan fingerprint density at radius 2 is 1.81 bits per heavy atom. The number of likely N-dealkylation sites (N-methyl/N-ethyl adjacent to an activating group) is 1. The molecule has 32 heavy (non-hydrogen) atoms. The van der Waals surface area contributed by atoms with Gasteiger partial charge in [-0.3, -0.25) is 9.59 Å². The quantitative estimate of drug-likeness (QED) is 0.443. The average Bonchev–Trinajstić information content (AvgIpc) is 3.26. The largest absolute Gasteiger partial charge is 0.459 e. The number of amides is 1. The normalized spacial score (nSPS) is 10.8. The highest BCUT2D eigenvalue weighted by atomic mass is 35.5. The molecule has 0 atom stereocenters. The van der Waals surface area contributed by atoms with Crippen molar-refractivity contribution in [1.29, 1.82) is 0 Å². The zero-order chi connectivity index (χ0) is 22.7. The fourth-order valence-electron chi connectivity index (χ4n) is 3.19. The molecule has 0 saturated heterocycles. The molecule has 0 spiro atoms. The SMILES string of the molecule is CN(Cc1ccc(-c2ccc(Cl)cc2)o1)C(=O)COC(=O)c1cc2ccccc2c(=O)[nH]1. The highest BCUT2D eigenvalue weighted by Crippen LogP contribution is 2.24. The van der Waals surface area contributed by atoms with E-state index in [1.54, 1.807) is 49.5 Å². The minimum Gasteiger partial charge on any atom is -0.459 e. The summed E-state index contributed by atoms with van der Waals surface area (Å²) in [5.41, 5.74) is 0.462. The fourth-order valence-corrected chi connectivity index (χ4v) is 3.32. The van der Waals surface area contributed by atoms with Crippen molar-refractivity contribution < 1.29 is 18.7 Å². The molecule has 1 N–H and O–H groups in total. The van der Waals surface area contributed by atoms with Crippen molar-refractivity contribution in [2.24, 2.45) is 0 Å². The van der Waals surface area contributed by atoms with Gasteiger partial charge in [0.05, 0.1) is 6.54 Å². The molecule has 0 bridgehead atoms. The second-order valence-electron chi connectivity index (χ2n) is 7.20. The number of halogens is 1. The smallest absolute Gasteiger partial charge is 0.355 e. The van der Waals surface area contributed by atoms with Gasteiger partial charge in [-0.05, 0) is 53.9 Å². The molecule has 2 aromatic heterocycles. The number of fused-ring (bicyclic) bond motifs is 1. The van der Waals surface area contributed by atoms with Crippen LogP contribution in [0.1, 0.15) is 16.2 Å². The van der Waals surface area contributed by atoms with Crippen LogP contribution in [-0.4, -0.2) is 35.4 Å². The van der Waals surface area contributed by atoms with E-state index in [2.05, 4.69) is 4.98 Å². The van der Waals surface area contributed by atoms with Crippen LogP contribution in [0, 0.1) is 0 Å². The van der Waals surface area contributed by atoms with Crippen LogP contribution in [0.5, 0.6) is 0 Å². The number of H-pyrrole nitrogens is 1. The minimum absolute atomic E-state index is 0.0113. The van der Waals surface area contributed by atoms with Crippen molar-refractivity contribution in [3.05, 3.63) is 93.6 Å². The zero-order valence-corrected chi connectivity index (χ0v) is 17.9. The number of hydrogen-bond donors (Lipinski definition) is 1. The number of ether oxygens (including phenoxy) is 1. The van der Waals surface area contributed by atoms with E-state index in [4.69, 9.17) is 20.8 Å². The maximum atomic E-state index is 12.4. The van der Waals surface area contributed by atoms with Crippen molar-refractivity contribution in [1.82, 2.24) is 9.88 Å². The van der Waals surface area contributed by atoms with Gasteiger partial charge in [-0.15, -0.1) is 0 Å². The number of rotatable bonds is 6. The molecule has 0 radical (unpaired) electrons. The Balaban J connectivity index is 1.35. The van der Waals surface area contributed by atoms with Crippen LogP contribution in [-0.2, 0) is 16.1 Å². The van der Waals surface area contributed by atoms with E-state index < -0.39 is 24.0 Å². The predicted molar refractivity (Wildman–Crippen MR) is 120 cm³/mol. The van der Waals surface area contributed by atoms with Gasteiger partial charge in [-0.1, -0.05) is 29.8 Å². The third-order valence-corrected chi connectivity index (χ3v) is 5.16. The number of aromatic amines is 1. The standard InChI is InChI=1S/C24H19ClN2O5/c1-27(13-18-10-11-21(32-18)15-6-8-17(25)9-7-15)22(28)14-31-24(30)20-12-16-4-2-3-5-19(16)23(29)26-20/h2-12H,13-14H2,1H3,(H,26,29). The number of esters is 1. The summed E-state index contributed by atoms with van der Waals surface area (Å²) in [5, 5.41) is 1.71. The minimum atomic E-state index is -0.780. The molecular weight excluding hydrogens is 432 g/mol. The van der Waals surface area contributed by atoms with Gasteiger partial charge in [0, 0.05) is 23.0 Å². The maximum Gasteiger partial charge on any atom is 0.355 e. The van der Waals surface area contributed by atoms with Gasteiger partial charge in [0.25, 0.3) is 11.5 Å². The second kappa shape index (κ2) is 9.11. The summed E-state index contributed by atoms with van der Waals surface area (Å²) in [6, 6.07) is 19.2. The van der Waals surface area contributed by atoms with Crippen LogP contribution in [0.15, 0.2) is 75.9 Å². The van der Waals surface area contributed by atoms with Crippen molar-refractivity contribution in [2.75, 3.05) is 13.7 Å². The molecule has 4 aromatic rings. The van der Waals surface area contributed by atoms with E-state index >= 15 is 0 Å². The summed E-state index contributed by atoms with van der Waals surface area (Å²) < 4.78 is 10.9. The van der Waals surface area contributed by atoms with E-state index in [9.17, 15) is 14.4 Å². The van der Waals surface area contributed by atoms with Crippen LogP contribution in [0.3, 0.4) is 0 Å². The lowest BCUT2D eigenvalue weighted by Crippen LogP contribution is -2.31. The first-order valence-electron chi connectivity index (χ1n) is 9.78. The van der Waals surface area contributed by atoms with Crippen LogP contribution in [0.4, 0.5) is 0 Å². The van der Waals surface area contributed by atoms with Crippen molar-refractivity contribution in [3.8, 4) is 11.3 Å². The van der Waals surface area contributed by atoms with Crippen LogP contribution >= 0.6 is 11.6 Å². The number of benzene rings is 2. The molecule has 0 aliphatic carbocycles. The first-order chi connectivity index (χ1) is 15.4. The Morgan fingerprint density at radius 1 is 1.06 bits per heavy atom. The first kappa shape index (κ1) is 21.4. The molecule has 7 nitrogen and oxygen atoms in total. The van der Waals surface area contributed by atoms with Gasteiger partial charge in [0.15, 0.2) is 6.61 Å². The fraction of sp³-hybridized carbons (Fsp3) is 0.125. The Morgan fingerprint density at radius 3 is 2.59 bits per heavy atom. The molecule has 2 aromatic carbocycles. The Bertz CT molecular complexity index is 1340. The molecule has 4 rings (SSSR count). The Hall–Kier alpha value is -3.84. The predicted octanol–water partition coefficient (Wildman–Crippen LogP) is 4.26. The highest BCUT2D eigenvalue weighted by molar-refractivity contribution is 6.30. The van der Waals surface area contributed by atoms with Crippen molar-refractivity contribution in [3.63, 3.8) is 0 Å². The highest BCUT2D eigenvalue weighted by Gasteiger charge is 2.17. The molecule has 0 aliphatic heterocycles. The monoisotopic (exact) mass is 450 g/mol. The van der Waals surface area contributed by atoms with Gasteiger partial charge in [0.1, 0.15) is 17.2 Å². The van der Waals surface area contributed by atoms with E-state index in [-0.39, 0.29) is 12.2 Å². The Kier molecular flexibility index (Phi) is 6.09. The van der Waals surface area contributed by atoms with Gasteiger partial charge in [0.2, 0.25) is 0 Å². The summed E-state index contributed by atoms with van der Waals surface area (Å²) in [6.45, 7) is -0.258. The number of aromatic nitrogens is 1. The number of furan rings is 1. The molecule has 2 heterocycles. The molecule has 1 amide bonds. The summed E-state index contributed by atoms with van der Waals surface area (Å²) in [6.07, 6.45) is 0. The number of nitrogens with zero attached hydrogens (tertiary/aromatic N) is 1. The molecular formula is C24H19ClN2O5. The summed E-state index contributed by atoms with van der Waals surface area (Å²) >= 11 is 5.90. The van der Waals surface area contributed by atoms with Gasteiger partial charge >= 0.3 is 5.97 Å². The summed E-state index contributed by atoms with van der Waals surface area (Å²) in [5.74, 6) is 0.0451. The first-order valence-corrected chi connectivity index (χ1v) is 10.2. The average molecular weight is 451 g/mol. The van der Waals surface area contributed by atoms with Crippen LogP contribution in [0.25, 0.3) is 22.1 Å². The van der Waals surface area contributed by atoms with Gasteiger partial charge < -0.3 is 19.0 Å². The third-order valence-electron chi connectivity index (χ3n) is 4.91. The van der Waals surface area contributed by atoms with Crippen LogP contribution < -0.4 is 5.56 Å². The number of nitrogens with one attached hydrogen (secondary N) is 1. The lowest BCUT2D eigenvalue weighted by Gasteiger charge is -2.15. The Labute approximate surface area is 188 Å². The lowest BCUT2D eigenvalue weighted by molar-refractivity contribution is -0.134. The van der Waals surface area contributed by atoms with Crippen molar-refractivity contribution in [2.45, 2.75) is 6.54 Å². The van der Waals surface area contributed by atoms with E-state index in [0.29, 0.717) is 27.3 Å². The number of pyridine rings is 1. The molecule has 0 unspecified atom stereocenters. The molecule has 0 fully saturated rings. The molecule has 162 valence electrons. The van der Waals surface area contributed by atoms with Gasteiger partial charge in [-0.25, -0.2) is 4.79 Å². The second-order valence-corrected chi connectivity index (χ2v) is 7.63.